The van der Waals surface area contributed by atoms with Gasteiger partial charge in [0, 0.05) is 43.7 Å². The quantitative estimate of drug-likeness (QED) is 0.480. The molecule has 0 aromatic heterocycles. The first kappa shape index (κ1) is 15.4. The smallest absolute Gasteiger partial charge is 0.550 e. The third kappa shape index (κ3) is 4.20. The van der Waals surface area contributed by atoms with Crippen LogP contribution in [0.3, 0.4) is 0 Å². The van der Waals surface area contributed by atoms with Crippen LogP contribution in [0, 0.1) is 0 Å². The summed E-state index contributed by atoms with van der Waals surface area (Å²) in [5, 5.41) is 10.5. The molecular formula is C11H13N2NaO4. The van der Waals surface area contributed by atoms with Crippen molar-refractivity contribution in [1.29, 1.82) is 0 Å². The van der Waals surface area contributed by atoms with E-state index in [2.05, 4.69) is 4.99 Å². The molecule has 0 unspecified atom stereocenters. The van der Waals surface area contributed by atoms with Crippen molar-refractivity contribution in [3.8, 4) is 0 Å². The molecule has 7 heteroatoms. The van der Waals surface area contributed by atoms with E-state index in [1.807, 2.05) is 4.90 Å². The number of hydrogen-bond donors (Lipinski definition) is 0. The zero-order valence-electron chi connectivity index (χ0n) is 10.3. The molecule has 0 spiro atoms. The van der Waals surface area contributed by atoms with Crippen LogP contribution in [-0.2, 0) is 14.3 Å². The Bertz CT molecular complexity index is 400. The number of nitrogens with zero attached hydrogens (tertiary/aromatic N) is 2. The number of carboxylic acids is 1. The van der Waals surface area contributed by atoms with Crippen LogP contribution in [0.4, 0.5) is 0 Å². The Morgan fingerprint density at radius 1 is 1.44 bits per heavy atom. The van der Waals surface area contributed by atoms with Crippen molar-refractivity contribution in [2.75, 3.05) is 26.3 Å². The Labute approximate surface area is 127 Å². The van der Waals surface area contributed by atoms with Gasteiger partial charge in [-0.2, -0.15) is 0 Å². The molecular weight excluding hydrogens is 247 g/mol. The molecule has 18 heavy (non-hydrogen) atoms. The fourth-order valence-corrected chi connectivity index (χ4v) is 1.85. The summed E-state index contributed by atoms with van der Waals surface area (Å²) in [6.07, 6.45) is 1.25. The number of ketones is 1. The Balaban J connectivity index is 0.00000162. The molecule has 0 aliphatic carbocycles. The average Bonchev–Trinajstić information content (AvgIpc) is 2.28. The molecule has 0 saturated carbocycles. The van der Waals surface area contributed by atoms with E-state index in [0.717, 1.165) is 0 Å². The van der Waals surface area contributed by atoms with E-state index in [4.69, 9.17) is 4.74 Å². The normalized spacial score (nSPS) is 19.8. The molecule has 0 radical (unpaired) electrons. The molecule has 1 fully saturated rings. The van der Waals surface area contributed by atoms with Crippen LogP contribution in [-0.4, -0.2) is 48.7 Å². The molecule has 0 amide bonds. The first-order valence-electron chi connectivity index (χ1n) is 5.48. The van der Waals surface area contributed by atoms with Crippen molar-refractivity contribution in [3.63, 3.8) is 0 Å². The number of carbonyl (C=O) groups is 2. The second-order valence-corrected chi connectivity index (χ2v) is 3.97. The topological polar surface area (TPSA) is 82.0 Å². The summed E-state index contributed by atoms with van der Waals surface area (Å²) >= 11 is 0. The van der Waals surface area contributed by atoms with Gasteiger partial charge < -0.3 is 19.5 Å². The van der Waals surface area contributed by atoms with E-state index in [0.29, 0.717) is 37.8 Å². The maximum atomic E-state index is 11.5. The van der Waals surface area contributed by atoms with Crippen LogP contribution in [0.5, 0.6) is 0 Å². The molecule has 2 aliphatic heterocycles. The number of rotatable bonds is 3. The van der Waals surface area contributed by atoms with Crippen LogP contribution >= 0.6 is 0 Å². The van der Waals surface area contributed by atoms with E-state index < -0.39 is 5.97 Å². The fraction of sp³-hybridized carbons (Fsp3) is 0.545. The van der Waals surface area contributed by atoms with Crippen molar-refractivity contribution >= 4 is 17.5 Å². The number of carboxylic acid groups (broad SMARTS) is 1. The molecule has 0 aromatic carbocycles. The van der Waals surface area contributed by atoms with Crippen LogP contribution < -0.4 is 34.7 Å². The summed E-state index contributed by atoms with van der Waals surface area (Å²) in [5.74, 6) is -0.779. The van der Waals surface area contributed by atoms with Crippen LogP contribution in [0.1, 0.15) is 12.8 Å². The van der Waals surface area contributed by atoms with Crippen molar-refractivity contribution < 1.29 is 49.0 Å². The van der Waals surface area contributed by atoms with E-state index in [1.165, 1.54) is 6.08 Å². The molecule has 0 bridgehead atoms. The zero-order chi connectivity index (χ0) is 12.3. The predicted octanol–water partition coefficient (Wildman–Crippen LogP) is -4.28. The third-order valence-corrected chi connectivity index (χ3v) is 2.62. The molecule has 92 valence electrons. The number of morpholine rings is 1. The number of aliphatic carboxylic acids is 1. The zero-order valence-corrected chi connectivity index (χ0v) is 12.3. The van der Waals surface area contributed by atoms with Crippen molar-refractivity contribution in [2.24, 2.45) is 4.99 Å². The van der Waals surface area contributed by atoms with Gasteiger partial charge in [0.2, 0.25) is 0 Å². The Hall–Kier alpha value is -0.690. The second-order valence-electron chi connectivity index (χ2n) is 3.97. The van der Waals surface area contributed by atoms with Gasteiger partial charge in [-0.25, -0.2) is 4.99 Å². The van der Waals surface area contributed by atoms with Gasteiger partial charge in [0.05, 0.1) is 13.2 Å². The van der Waals surface area contributed by atoms with E-state index in [9.17, 15) is 14.7 Å². The summed E-state index contributed by atoms with van der Waals surface area (Å²) in [5.41, 5.74) is 0.360. The summed E-state index contributed by atoms with van der Waals surface area (Å²) in [4.78, 5) is 28.1. The van der Waals surface area contributed by atoms with Crippen LogP contribution in [0.2, 0.25) is 0 Å². The Morgan fingerprint density at radius 2 is 2.11 bits per heavy atom. The number of ether oxygens (including phenoxy) is 1. The number of aliphatic imine (C=N–C) groups is 1. The minimum absolute atomic E-state index is 0. The summed E-state index contributed by atoms with van der Waals surface area (Å²) in [6.45, 7) is 2.52. The van der Waals surface area contributed by atoms with Crippen molar-refractivity contribution in [2.45, 2.75) is 12.8 Å². The van der Waals surface area contributed by atoms with Crippen LogP contribution in [0.25, 0.3) is 0 Å². The largest absolute Gasteiger partial charge is 1.00 e. The first-order chi connectivity index (χ1) is 8.15. The second kappa shape index (κ2) is 7.04. The maximum absolute atomic E-state index is 11.5. The van der Waals surface area contributed by atoms with Crippen molar-refractivity contribution in [3.05, 3.63) is 11.9 Å². The molecule has 6 nitrogen and oxygen atoms in total. The van der Waals surface area contributed by atoms with Gasteiger partial charge in [-0.1, -0.05) is 0 Å². The molecule has 1 saturated heterocycles. The molecule has 2 rings (SSSR count). The van der Waals surface area contributed by atoms with E-state index in [1.54, 1.807) is 0 Å². The van der Waals surface area contributed by atoms with Gasteiger partial charge in [-0.3, -0.25) is 4.79 Å². The minimum atomic E-state index is -1.21. The van der Waals surface area contributed by atoms with Crippen LogP contribution in [0.15, 0.2) is 16.9 Å². The van der Waals surface area contributed by atoms with Crippen molar-refractivity contribution in [1.82, 2.24) is 4.90 Å². The van der Waals surface area contributed by atoms with Gasteiger partial charge >= 0.3 is 29.6 Å². The molecule has 0 N–H and O–H groups in total. The van der Waals surface area contributed by atoms with Gasteiger partial charge in [0.1, 0.15) is 5.82 Å². The summed E-state index contributed by atoms with van der Waals surface area (Å²) in [6, 6.07) is 0. The monoisotopic (exact) mass is 260 g/mol. The van der Waals surface area contributed by atoms with Gasteiger partial charge in [0.15, 0.2) is 5.78 Å². The number of carbonyl (C=O) groups excluding carboxylic acids is 2. The van der Waals surface area contributed by atoms with E-state index >= 15 is 0 Å². The Kier molecular flexibility index (Phi) is 6.01. The van der Waals surface area contributed by atoms with Gasteiger partial charge in [-0.15, -0.1) is 0 Å². The first-order valence-corrected chi connectivity index (χ1v) is 5.48. The minimum Gasteiger partial charge on any atom is -0.550 e. The molecule has 2 aliphatic rings. The number of allylic oxidation sites excluding steroid dienone is 1. The standard InChI is InChI=1S/C11H14N2O4.Na/c14-9-5-8(6-11(15)16)12-10(7-9)13-1-3-17-4-2-13;/h7H,1-6H2,(H,15,16);/q;+1/p-1. The van der Waals surface area contributed by atoms with Gasteiger partial charge in [0.25, 0.3) is 0 Å². The SMILES string of the molecule is O=C([O-])CC1=NC(N2CCOCC2)=CC(=O)C1.[Na+]. The number of hydrogen-bond acceptors (Lipinski definition) is 6. The molecule has 0 aromatic rings. The third-order valence-electron chi connectivity index (χ3n) is 2.62. The fourth-order valence-electron chi connectivity index (χ4n) is 1.85. The summed E-state index contributed by atoms with van der Waals surface area (Å²) in [7, 11) is 0. The van der Waals surface area contributed by atoms with E-state index in [-0.39, 0.29) is 48.2 Å². The molecule has 2 heterocycles. The molecule has 0 atom stereocenters. The van der Waals surface area contributed by atoms with Gasteiger partial charge in [-0.05, 0) is 0 Å². The summed E-state index contributed by atoms with van der Waals surface area (Å²) < 4.78 is 5.20. The predicted molar refractivity (Wildman–Crippen MR) is 57.2 cm³/mol. The maximum Gasteiger partial charge on any atom is 1.00 e. The Morgan fingerprint density at radius 3 is 2.72 bits per heavy atom. The average molecular weight is 260 g/mol.